The number of para-hydroxylation sites is 1. The maximum atomic E-state index is 13.1. The Morgan fingerprint density at radius 1 is 1.18 bits per heavy atom. The number of esters is 1. The fraction of sp³-hybridized carbons (Fsp3) is 0.190. The predicted octanol–water partition coefficient (Wildman–Crippen LogP) is 5.07. The number of thiazole rings is 1. The molecule has 0 aliphatic carbocycles. The highest BCUT2D eigenvalue weighted by atomic mass is 32.1. The van der Waals surface area contributed by atoms with Crippen LogP contribution in [0.3, 0.4) is 0 Å². The minimum atomic E-state index is -0.316. The van der Waals surface area contributed by atoms with Crippen molar-refractivity contribution in [2.75, 3.05) is 0 Å². The number of aryl methyl sites for hydroxylation is 1. The summed E-state index contributed by atoms with van der Waals surface area (Å²) in [5, 5.41) is 4.89. The highest BCUT2D eigenvalue weighted by Gasteiger charge is 2.16. The zero-order valence-corrected chi connectivity index (χ0v) is 16.0. The van der Waals surface area contributed by atoms with Crippen LogP contribution in [0.4, 0.5) is 4.39 Å². The number of hydrogen-bond donors (Lipinski definition) is 0. The van der Waals surface area contributed by atoms with Gasteiger partial charge >= 0.3 is 5.97 Å². The van der Waals surface area contributed by atoms with Gasteiger partial charge in [-0.25, -0.2) is 9.37 Å². The lowest BCUT2D eigenvalue weighted by Gasteiger charge is -2.02. The molecule has 0 atom stereocenters. The molecule has 0 spiro atoms. The second kappa shape index (κ2) is 7.90. The number of carbonyl (C=O) groups is 1. The summed E-state index contributed by atoms with van der Waals surface area (Å²) in [6.45, 7) is 1.87. The maximum absolute atomic E-state index is 13.1. The van der Waals surface area contributed by atoms with Crippen LogP contribution in [0.15, 0.2) is 53.1 Å². The molecule has 28 heavy (non-hydrogen) atoms. The molecule has 0 N–H and O–H groups in total. The van der Waals surface area contributed by atoms with Crippen molar-refractivity contribution in [3.05, 3.63) is 70.6 Å². The van der Waals surface area contributed by atoms with Gasteiger partial charge in [-0.15, -0.1) is 11.3 Å². The van der Waals surface area contributed by atoms with Crippen molar-refractivity contribution in [1.82, 2.24) is 10.1 Å². The molecule has 0 saturated carbocycles. The summed E-state index contributed by atoms with van der Waals surface area (Å²) in [5.41, 5.74) is 2.99. The second-order valence-corrected chi connectivity index (χ2v) is 7.44. The van der Waals surface area contributed by atoms with E-state index in [0.717, 1.165) is 26.4 Å². The Bertz CT molecular complexity index is 1090. The Labute approximate surface area is 164 Å². The van der Waals surface area contributed by atoms with Gasteiger partial charge < -0.3 is 9.26 Å². The van der Waals surface area contributed by atoms with Crippen molar-refractivity contribution in [3.8, 4) is 11.3 Å². The van der Waals surface area contributed by atoms with Gasteiger partial charge in [0.2, 0.25) is 0 Å². The van der Waals surface area contributed by atoms with E-state index >= 15 is 0 Å². The number of ether oxygens (including phenoxy) is 1. The molecule has 2 aromatic carbocycles. The number of halogens is 1. The van der Waals surface area contributed by atoms with Gasteiger partial charge in [0.1, 0.15) is 18.1 Å². The third-order valence-corrected chi connectivity index (χ3v) is 5.47. The summed E-state index contributed by atoms with van der Waals surface area (Å²) < 4.78 is 24.8. The van der Waals surface area contributed by atoms with E-state index in [1.807, 2.05) is 31.2 Å². The lowest BCUT2D eigenvalue weighted by Crippen LogP contribution is -2.06. The van der Waals surface area contributed by atoms with E-state index in [-0.39, 0.29) is 24.8 Å². The molecule has 0 saturated heterocycles. The van der Waals surface area contributed by atoms with Crippen molar-refractivity contribution >= 4 is 27.5 Å². The molecular formula is C21H17FN2O3S. The van der Waals surface area contributed by atoms with E-state index in [1.54, 1.807) is 23.5 Å². The van der Waals surface area contributed by atoms with Crippen LogP contribution in [-0.2, 0) is 22.6 Å². The largest absolute Gasteiger partial charge is 0.459 e. The zero-order valence-electron chi connectivity index (χ0n) is 15.1. The van der Waals surface area contributed by atoms with Crippen LogP contribution in [0, 0.1) is 12.7 Å². The van der Waals surface area contributed by atoms with Gasteiger partial charge in [-0.1, -0.05) is 17.3 Å². The Hall–Kier alpha value is -3.06. The van der Waals surface area contributed by atoms with Crippen molar-refractivity contribution in [3.63, 3.8) is 0 Å². The smallest absolute Gasteiger partial charge is 0.306 e. The Balaban J connectivity index is 1.34. The molecule has 4 aromatic rings. The van der Waals surface area contributed by atoms with Crippen LogP contribution in [0.1, 0.15) is 22.7 Å². The number of fused-ring (bicyclic) bond motifs is 1. The minimum absolute atomic E-state index is 0.0369. The first-order valence-electron chi connectivity index (χ1n) is 8.81. The monoisotopic (exact) mass is 396 g/mol. The number of hydrogen-bond acceptors (Lipinski definition) is 6. The summed E-state index contributed by atoms with van der Waals surface area (Å²) >= 11 is 1.59. The Morgan fingerprint density at radius 2 is 1.96 bits per heavy atom. The van der Waals surface area contributed by atoms with Crippen molar-refractivity contribution in [2.45, 2.75) is 26.4 Å². The lowest BCUT2D eigenvalue weighted by molar-refractivity contribution is -0.145. The van der Waals surface area contributed by atoms with E-state index in [9.17, 15) is 9.18 Å². The third-order valence-electron chi connectivity index (χ3n) is 4.38. The highest BCUT2D eigenvalue weighted by molar-refractivity contribution is 7.18. The summed E-state index contributed by atoms with van der Waals surface area (Å²) in [4.78, 5) is 16.6. The van der Waals surface area contributed by atoms with Gasteiger partial charge in [0, 0.05) is 17.5 Å². The highest BCUT2D eigenvalue weighted by Crippen LogP contribution is 2.26. The molecule has 0 radical (unpaired) electrons. The van der Waals surface area contributed by atoms with Gasteiger partial charge in [-0.2, -0.15) is 0 Å². The molecule has 0 bridgehead atoms. The summed E-state index contributed by atoms with van der Waals surface area (Å²) in [6.07, 6.45) is 0.790. The molecule has 142 valence electrons. The first-order valence-corrected chi connectivity index (χ1v) is 9.63. The Kier molecular flexibility index (Phi) is 5.16. The van der Waals surface area contributed by atoms with Crippen LogP contribution in [-0.4, -0.2) is 16.1 Å². The SMILES string of the molecule is Cc1c(COC(=O)CCc2nc3ccccc3s2)noc1-c1ccc(F)cc1. The molecule has 2 aromatic heterocycles. The minimum Gasteiger partial charge on any atom is -0.459 e. The molecule has 0 amide bonds. The molecule has 5 nitrogen and oxygen atoms in total. The molecule has 0 aliphatic heterocycles. The van der Waals surface area contributed by atoms with Crippen LogP contribution >= 0.6 is 11.3 Å². The lowest BCUT2D eigenvalue weighted by atomic mass is 10.1. The quantitative estimate of drug-likeness (QED) is 0.426. The van der Waals surface area contributed by atoms with Gasteiger partial charge in [0.25, 0.3) is 0 Å². The van der Waals surface area contributed by atoms with E-state index in [2.05, 4.69) is 10.1 Å². The van der Waals surface area contributed by atoms with E-state index in [4.69, 9.17) is 9.26 Å². The fourth-order valence-electron chi connectivity index (χ4n) is 2.83. The average Bonchev–Trinajstić information content (AvgIpc) is 3.28. The Morgan fingerprint density at radius 3 is 2.75 bits per heavy atom. The topological polar surface area (TPSA) is 65.2 Å². The standard InChI is InChI=1S/C21H17FN2O3S/c1-13-17(24-27-21(13)14-6-8-15(22)9-7-14)12-26-20(25)11-10-19-23-16-4-2-3-5-18(16)28-19/h2-9H,10-12H2,1H3. The number of benzene rings is 2. The second-order valence-electron chi connectivity index (χ2n) is 6.33. The molecule has 7 heteroatoms. The summed E-state index contributed by atoms with van der Waals surface area (Å²) in [6, 6.07) is 13.9. The van der Waals surface area contributed by atoms with Gasteiger partial charge in [0.05, 0.1) is 21.6 Å². The summed E-state index contributed by atoms with van der Waals surface area (Å²) in [5.74, 6) is -0.0892. The van der Waals surface area contributed by atoms with E-state index < -0.39 is 0 Å². The van der Waals surface area contributed by atoms with Crippen LogP contribution in [0.5, 0.6) is 0 Å². The normalized spacial score (nSPS) is 11.1. The molecule has 0 fully saturated rings. The van der Waals surface area contributed by atoms with Crippen LogP contribution < -0.4 is 0 Å². The third kappa shape index (κ3) is 3.94. The first-order chi connectivity index (χ1) is 13.6. The van der Waals surface area contributed by atoms with Crippen molar-refractivity contribution in [2.24, 2.45) is 0 Å². The molecule has 0 aliphatic rings. The van der Waals surface area contributed by atoms with Crippen LogP contribution in [0.2, 0.25) is 0 Å². The molecular weight excluding hydrogens is 379 g/mol. The zero-order chi connectivity index (χ0) is 19.5. The van der Waals surface area contributed by atoms with Crippen molar-refractivity contribution < 1.29 is 18.4 Å². The first kappa shape index (κ1) is 18.3. The van der Waals surface area contributed by atoms with Gasteiger partial charge in [-0.05, 0) is 43.3 Å². The average molecular weight is 396 g/mol. The van der Waals surface area contributed by atoms with Gasteiger partial charge in [0.15, 0.2) is 5.76 Å². The number of nitrogens with zero attached hydrogens (tertiary/aromatic N) is 2. The fourth-order valence-corrected chi connectivity index (χ4v) is 3.80. The number of rotatable bonds is 6. The van der Waals surface area contributed by atoms with E-state index in [0.29, 0.717) is 17.9 Å². The van der Waals surface area contributed by atoms with Crippen molar-refractivity contribution in [1.29, 1.82) is 0 Å². The molecule has 4 rings (SSSR count). The van der Waals surface area contributed by atoms with E-state index in [1.165, 1.54) is 12.1 Å². The van der Waals surface area contributed by atoms with Gasteiger partial charge in [-0.3, -0.25) is 4.79 Å². The number of carbonyl (C=O) groups excluding carboxylic acids is 1. The summed E-state index contributed by atoms with van der Waals surface area (Å²) in [7, 11) is 0. The molecule has 2 heterocycles. The molecule has 0 unspecified atom stereocenters. The van der Waals surface area contributed by atoms with Crippen LogP contribution in [0.25, 0.3) is 21.5 Å². The predicted molar refractivity (Wildman–Crippen MR) is 104 cm³/mol. The maximum Gasteiger partial charge on any atom is 0.306 e. The number of aromatic nitrogens is 2.